The van der Waals surface area contributed by atoms with Crippen molar-refractivity contribution in [3.05, 3.63) is 47.8 Å². The van der Waals surface area contributed by atoms with Gasteiger partial charge in [-0.25, -0.2) is 0 Å². The van der Waals surface area contributed by atoms with Gasteiger partial charge < -0.3 is 5.32 Å². The molecule has 20 heavy (non-hydrogen) atoms. The molecule has 0 aliphatic rings. The third-order valence-electron chi connectivity index (χ3n) is 3.56. The fourth-order valence-corrected chi connectivity index (χ4v) is 2.42. The van der Waals surface area contributed by atoms with Crippen LogP contribution in [0.4, 0.5) is 5.69 Å². The van der Waals surface area contributed by atoms with Gasteiger partial charge >= 0.3 is 0 Å². The number of nitrogens with one attached hydrogen (secondary N) is 1. The molecule has 0 aliphatic heterocycles. The number of aromatic nitrogens is 2. The SMILES string of the molecule is CCC(CC)n1ccc(CNc2ccc(CCl)cc2)n1. The number of hydrogen-bond donors (Lipinski definition) is 1. The molecule has 0 aliphatic carbocycles. The predicted molar refractivity (Wildman–Crippen MR) is 85.2 cm³/mol. The molecular formula is C16H22ClN3. The van der Waals surface area contributed by atoms with Crippen molar-refractivity contribution in [1.29, 1.82) is 0 Å². The molecule has 1 aromatic carbocycles. The summed E-state index contributed by atoms with van der Waals surface area (Å²) in [6.45, 7) is 5.14. The fourth-order valence-electron chi connectivity index (χ4n) is 2.24. The lowest BCUT2D eigenvalue weighted by Gasteiger charge is -2.12. The number of alkyl halides is 1. The third kappa shape index (κ3) is 3.76. The molecule has 0 radical (unpaired) electrons. The Kier molecular flexibility index (Phi) is 5.48. The maximum absolute atomic E-state index is 5.78. The zero-order valence-electron chi connectivity index (χ0n) is 12.1. The van der Waals surface area contributed by atoms with Gasteiger partial charge in [0.05, 0.1) is 18.3 Å². The van der Waals surface area contributed by atoms with Crippen molar-refractivity contribution >= 4 is 17.3 Å². The maximum atomic E-state index is 5.78. The van der Waals surface area contributed by atoms with Gasteiger partial charge in [-0.3, -0.25) is 4.68 Å². The van der Waals surface area contributed by atoms with Gasteiger partial charge in [0.25, 0.3) is 0 Å². The van der Waals surface area contributed by atoms with E-state index < -0.39 is 0 Å². The molecule has 0 amide bonds. The Morgan fingerprint density at radius 3 is 2.45 bits per heavy atom. The number of anilines is 1. The lowest BCUT2D eigenvalue weighted by Crippen LogP contribution is -2.08. The molecule has 4 heteroatoms. The van der Waals surface area contributed by atoms with E-state index >= 15 is 0 Å². The highest BCUT2D eigenvalue weighted by Gasteiger charge is 2.07. The molecule has 0 unspecified atom stereocenters. The average molecular weight is 292 g/mol. The highest BCUT2D eigenvalue weighted by Crippen LogP contribution is 2.16. The summed E-state index contributed by atoms with van der Waals surface area (Å²) in [5.74, 6) is 0.556. The lowest BCUT2D eigenvalue weighted by molar-refractivity contribution is 0.426. The number of benzene rings is 1. The molecule has 1 aromatic heterocycles. The van der Waals surface area contributed by atoms with E-state index in [0.29, 0.717) is 11.9 Å². The Hall–Kier alpha value is -1.48. The summed E-state index contributed by atoms with van der Waals surface area (Å²) in [6, 6.07) is 10.8. The quantitative estimate of drug-likeness (QED) is 0.756. The zero-order chi connectivity index (χ0) is 14.4. The van der Waals surface area contributed by atoms with Crippen LogP contribution in [-0.2, 0) is 12.4 Å². The van der Waals surface area contributed by atoms with E-state index in [2.05, 4.69) is 53.3 Å². The summed E-state index contributed by atoms with van der Waals surface area (Å²) in [7, 11) is 0. The van der Waals surface area contributed by atoms with Crippen LogP contribution in [0.15, 0.2) is 36.5 Å². The van der Waals surface area contributed by atoms with Crippen LogP contribution >= 0.6 is 11.6 Å². The summed E-state index contributed by atoms with van der Waals surface area (Å²) in [6.07, 6.45) is 4.31. The fraction of sp³-hybridized carbons (Fsp3) is 0.438. The molecule has 0 spiro atoms. The van der Waals surface area contributed by atoms with Crippen molar-refractivity contribution in [2.75, 3.05) is 5.32 Å². The molecule has 0 atom stereocenters. The van der Waals surface area contributed by atoms with Crippen molar-refractivity contribution in [2.45, 2.75) is 45.2 Å². The summed E-state index contributed by atoms with van der Waals surface area (Å²) in [5.41, 5.74) is 3.30. The molecule has 108 valence electrons. The standard InChI is InChI=1S/C16H22ClN3/c1-3-16(4-2)20-10-9-15(19-20)12-18-14-7-5-13(11-17)6-8-14/h5-10,16,18H,3-4,11-12H2,1-2H3. The lowest BCUT2D eigenvalue weighted by atomic mass is 10.2. The van der Waals surface area contributed by atoms with Crippen LogP contribution in [0.2, 0.25) is 0 Å². The van der Waals surface area contributed by atoms with Crippen LogP contribution in [0.3, 0.4) is 0 Å². The second kappa shape index (κ2) is 7.34. The molecule has 2 rings (SSSR count). The monoisotopic (exact) mass is 291 g/mol. The molecule has 2 aromatic rings. The Labute approximate surface area is 126 Å². The Morgan fingerprint density at radius 2 is 1.85 bits per heavy atom. The minimum absolute atomic E-state index is 0.506. The van der Waals surface area contributed by atoms with Gasteiger partial charge in [-0.15, -0.1) is 11.6 Å². The number of rotatable bonds is 7. The summed E-state index contributed by atoms with van der Waals surface area (Å²) in [5, 5.41) is 8.02. The smallest absolute Gasteiger partial charge is 0.0815 e. The van der Waals surface area contributed by atoms with E-state index in [1.807, 2.05) is 12.1 Å². The van der Waals surface area contributed by atoms with Crippen molar-refractivity contribution in [3.63, 3.8) is 0 Å². The molecule has 1 N–H and O–H groups in total. The van der Waals surface area contributed by atoms with Crippen molar-refractivity contribution in [1.82, 2.24) is 9.78 Å². The van der Waals surface area contributed by atoms with Crippen LogP contribution in [0, 0.1) is 0 Å². The van der Waals surface area contributed by atoms with Gasteiger partial charge in [-0.2, -0.15) is 5.10 Å². The van der Waals surface area contributed by atoms with Crippen LogP contribution in [0.5, 0.6) is 0 Å². The first-order valence-electron chi connectivity index (χ1n) is 7.19. The Bertz CT molecular complexity index is 515. The first kappa shape index (κ1) is 14.9. The Balaban J connectivity index is 1.93. The van der Waals surface area contributed by atoms with Gasteiger partial charge in [-0.1, -0.05) is 26.0 Å². The van der Waals surface area contributed by atoms with E-state index in [9.17, 15) is 0 Å². The normalized spacial score (nSPS) is 11.0. The van der Waals surface area contributed by atoms with Crippen molar-refractivity contribution in [2.24, 2.45) is 0 Å². The molecule has 0 bridgehead atoms. The first-order valence-corrected chi connectivity index (χ1v) is 7.73. The van der Waals surface area contributed by atoms with E-state index in [1.54, 1.807) is 0 Å². The van der Waals surface area contributed by atoms with Gasteiger partial charge in [0.1, 0.15) is 0 Å². The zero-order valence-corrected chi connectivity index (χ0v) is 12.9. The van der Waals surface area contributed by atoms with E-state index in [0.717, 1.165) is 36.3 Å². The van der Waals surface area contributed by atoms with Gasteiger partial charge in [0.2, 0.25) is 0 Å². The van der Waals surface area contributed by atoms with E-state index in [1.165, 1.54) is 0 Å². The Morgan fingerprint density at radius 1 is 1.15 bits per heavy atom. The predicted octanol–water partition coefficient (Wildman–Crippen LogP) is 4.60. The minimum Gasteiger partial charge on any atom is -0.379 e. The molecule has 1 heterocycles. The molecular weight excluding hydrogens is 270 g/mol. The highest BCUT2D eigenvalue weighted by molar-refractivity contribution is 6.17. The highest BCUT2D eigenvalue weighted by atomic mass is 35.5. The molecule has 0 fully saturated rings. The van der Waals surface area contributed by atoms with Gasteiger partial charge in [-0.05, 0) is 36.6 Å². The average Bonchev–Trinajstić information content (AvgIpc) is 2.96. The summed E-state index contributed by atoms with van der Waals surface area (Å²) >= 11 is 5.78. The molecule has 3 nitrogen and oxygen atoms in total. The van der Waals surface area contributed by atoms with Crippen LogP contribution in [0.25, 0.3) is 0 Å². The summed E-state index contributed by atoms with van der Waals surface area (Å²) in [4.78, 5) is 0. The van der Waals surface area contributed by atoms with Crippen LogP contribution in [-0.4, -0.2) is 9.78 Å². The van der Waals surface area contributed by atoms with Crippen molar-refractivity contribution < 1.29 is 0 Å². The number of nitrogens with zero attached hydrogens (tertiary/aromatic N) is 2. The topological polar surface area (TPSA) is 29.9 Å². The second-order valence-corrected chi connectivity index (χ2v) is 5.21. The van der Waals surface area contributed by atoms with Crippen LogP contribution < -0.4 is 5.32 Å². The number of hydrogen-bond acceptors (Lipinski definition) is 2. The summed E-state index contributed by atoms with van der Waals surface area (Å²) < 4.78 is 2.08. The van der Waals surface area contributed by atoms with Gasteiger partial charge in [0, 0.05) is 17.8 Å². The first-order chi connectivity index (χ1) is 9.76. The number of halogens is 1. The second-order valence-electron chi connectivity index (χ2n) is 4.94. The van der Waals surface area contributed by atoms with Crippen LogP contribution in [0.1, 0.15) is 44.0 Å². The van der Waals surface area contributed by atoms with Gasteiger partial charge in [0.15, 0.2) is 0 Å². The molecule has 0 saturated heterocycles. The minimum atomic E-state index is 0.506. The third-order valence-corrected chi connectivity index (χ3v) is 3.87. The molecule has 0 saturated carbocycles. The van der Waals surface area contributed by atoms with E-state index in [4.69, 9.17) is 11.6 Å². The van der Waals surface area contributed by atoms with E-state index in [-0.39, 0.29) is 0 Å². The maximum Gasteiger partial charge on any atom is 0.0815 e. The largest absolute Gasteiger partial charge is 0.379 e. The van der Waals surface area contributed by atoms with Crippen molar-refractivity contribution in [3.8, 4) is 0 Å².